The van der Waals surface area contributed by atoms with E-state index < -0.39 is 10.7 Å². The minimum atomic E-state index is -0.625. The summed E-state index contributed by atoms with van der Waals surface area (Å²) < 4.78 is 18.6. The van der Waals surface area contributed by atoms with Crippen molar-refractivity contribution in [2.75, 3.05) is 18.1 Å². The number of benzene rings is 1. The molecule has 98 valence electrons. The van der Waals surface area contributed by atoms with Gasteiger partial charge in [0.15, 0.2) is 0 Å². The molecule has 1 saturated heterocycles. The van der Waals surface area contributed by atoms with Crippen LogP contribution in [0.25, 0.3) is 0 Å². The molecule has 0 unspecified atom stereocenters. The van der Waals surface area contributed by atoms with E-state index in [1.54, 1.807) is 18.0 Å². The Bertz CT molecular complexity index is 419. The molecule has 0 spiro atoms. The Morgan fingerprint density at radius 1 is 1.20 bits per heavy atom. The summed E-state index contributed by atoms with van der Waals surface area (Å²) in [7, 11) is 0. The van der Waals surface area contributed by atoms with Crippen LogP contribution in [-0.2, 0) is 136 Å². The maximum Gasteiger partial charge on any atom is 0.272 e. The van der Waals surface area contributed by atoms with Gasteiger partial charge in [0.1, 0.15) is 5.82 Å². The number of non-ortho nitro benzene ring substituents is 1. The average molecular weight is 580 g/mol. The zero-order valence-corrected chi connectivity index (χ0v) is 22.0. The third kappa shape index (κ3) is 8.01. The van der Waals surface area contributed by atoms with Crippen molar-refractivity contribution in [3.63, 3.8) is 0 Å². The molecule has 0 N–H and O–H groups in total. The van der Waals surface area contributed by atoms with Crippen LogP contribution >= 0.6 is 0 Å². The number of anilines is 1. The number of morpholine rings is 1. The van der Waals surface area contributed by atoms with Crippen molar-refractivity contribution in [1.82, 2.24) is 0 Å². The normalized spacial score (nSPS) is 12.9. The Labute approximate surface area is 217 Å². The van der Waals surface area contributed by atoms with Gasteiger partial charge >= 0.3 is 0 Å². The van der Waals surface area contributed by atoms with Crippen LogP contribution in [-0.4, -0.2) is 18.1 Å². The summed E-state index contributed by atoms with van der Waals surface area (Å²) in [5.41, 5.74) is 0.0309. The van der Waals surface area contributed by atoms with Crippen molar-refractivity contribution in [3.8, 4) is 0 Å². The van der Waals surface area contributed by atoms with Crippen molar-refractivity contribution in [2.45, 2.75) is 0 Å². The predicted molar refractivity (Wildman–Crippen MR) is 55.0 cm³/mol. The first-order chi connectivity index (χ1) is 7.68. The van der Waals surface area contributed by atoms with Gasteiger partial charge in [-0.05, 0) is 6.07 Å². The summed E-state index contributed by atoms with van der Waals surface area (Å²) in [6.07, 6.45) is 0. The first kappa shape index (κ1) is 27.6. The molecule has 1 fully saturated rings. The van der Waals surface area contributed by atoms with E-state index >= 15 is 0 Å². The Kier molecular flexibility index (Phi) is 19.4. The van der Waals surface area contributed by atoms with Gasteiger partial charge in [-0.25, -0.2) is 4.39 Å². The zero-order valence-electron chi connectivity index (χ0n) is 10.6. The molecule has 20 heavy (non-hydrogen) atoms. The smallest absolute Gasteiger partial charge is 0.272 e. The van der Waals surface area contributed by atoms with Gasteiger partial charge in [0.05, 0.1) is 11.0 Å². The van der Waals surface area contributed by atoms with E-state index in [-0.39, 0.29) is 142 Å². The molecule has 1 aliphatic heterocycles. The molecule has 0 aromatic heterocycles. The molecule has 0 aliphatic carbocycles. The van der Waals surface area contributed by atoms with E-state index in [4.69, 9.17) is 4.74 Å². The van der Waals surface area contributed by atoms with Gasteiger partial charge < -0.3 is 9.64 Å². The van der Waals surface area contributed by atoms with E-state index in [0.29, 0.717) is 13.2 Å². The summed E-state index contributed by atoms with van der Waals surface area (Å²) in [5.74, 6) is -0.622. The fourth-order valence-corrected chi connectivity index (χ4v) is 1.42. The van der Waals surface area contributed by atoms with Crippen molar-refractivity contribution in [2.24, 2.45) is 0 Å². The standard InChI is InChI=1S/C10H9FN2O3.4Y/c11-9-7-8(13(14)15)1-2-10(9)12-3-5-16-6-4-12;;;;/h1-4,7H,5-6H2;;;;/q-2;;;;. The molecule has 1 heterocycles. The summed E-state index contributed by atoms with van der Waals surface area (Å²) in [4.78, 5) is 11.4. The number of hydrogen-bond donors (Lipinski definition) is 0. The van der Waals surface area contributed by atoms with Gasteiger partial charge in [-0.3, -0.25) is 23.2 Å². The third-order valence-corrected chi connectivity index (χ3v) is 2.20. The van der Waals surface area contributed by atoms with Crippen LogP contribution in [0.4, 0.5) is 15.8 Å². The fraction of sp³-hybridized carbons (Fsp3) is 0.200. The molecule has 4 radical (unpaired) electrons. The fourth-order valence-electron chi connectivity index (χ4n) is 1.42. The van der Waals surface area contributed by atoms with Crippen LogP contribution < -0.4 is 4.90 Å². The number of halogens is 1. The van der Waals surface area contributed by atoms with Crippen LogP contribution in [0, 0.1) is 29.0 Å². The monoisotopic (exact) mass is 580 g/mol. The van der Waals surface area contributed by atoms with Gasteiger partial charge in [-0.1, -0.05) is 13.2 Å². The average Bonchev–Trinajstić information content (AvgIpc) is 2.30. The number of nitrogens with zero attached hydrogens (tertiary/aromatic N) is 2. The van der Waals surface area contributed by atoms with Crippen molar-refractivity contribution >= 4 is 11.4 Å². The van der Waals surface area contributed by atoms with E-state index in [9.17, 15) is 14.5 Å². The van der Waals surface area contributed by atoms with Gasteiger partial charge in [-0.2, -0.15) is 0 Å². The molecule has 2 rings (SSSR count). The molecule has 0 saturated carbocycles. The second-order valence-corrected chi connectivity index (χ2v) is 3.20. The summed E-state index contributed by atoms with van der Waals surface area (Å²) in [5, 5.41) is 10.4. The summed E-state index contributed by atoms with van der Waals surface area (Å²) in [6, 6.07) is 3.56. The van der Waals surface area contributed by atoms with E-state index in [1.807, 2.05) is 0 Å². The maximum absolute atomic E-state index is 13.6. The van der Waals surface area contributed by atoms with Crippen LogP contribution in [0.1, 0.15) is 0 Å². The third-order valence-electron chi connectivity index (χ3n) is 2.20. The zero-order chi connectivity index (χ0) is 11.5. The van der Waals surface area contributed by atoms with E-state index in [1.165, 1.54) is 12.1 Å². The van der Waals surface area contributed by atoms with Crippen molar-refractivity contribution in [3.05, 3.63) is 47.2 Å². The SMILES string of the molecule is O=[N+]([O-])c1ccc(N2[CH-]COC[CH-]2)c(F)c1.[Y].[Y].[Y].[Y]. The molecule has 0 atom stereocenters. The second-order valence-electron chi connectivity index (χ2n) is 3.20. The quantitative estimate of drug-likeness (QED) is 0.305. The Balaban J connectivity index is -0.000000722. The number of nitro benzene ring substituents is 1. The molecular formula is C10H9FN2O3Y4-2. The Morgan fingerprint density at radius 3 is 2.20 bits per heavy atom. The van der Waals surface area contributed by atoms with Crippen LogP contribution in [0.15, 0.2) is 18.2 Å². The van der Waals surface area contributed by atoms with Gasteiger partial charge in [0.2, 0.25) is 0 Å². The number of nitro groups is 1. The molecular weight excluding hydrogens is 571 g/mol. The molecule has 1 aromatic carbocycles. The number of rotatable bonds is 2. The second kappa shape index (κ2) is 14.1. The molecule has 1 aromatic rings. The van der Waals surface area contributed by atoms with E-state index in [2.05, 4.69) is 0 Å². The first-order valence-corrected chi connectivity index (χ1v) is 4.65. The summed E-state index contributed by atoms with van der Waals surface area (Å²) >= 11 is 0. The van der Waals surface area contributed by atoms with Crippen LogP contribution in [0.2, 0.25) is 0 Å². The maximum atomic E-state index is 13.6. The van der Waals surface area contributed by atoms with Gasteiger partial charge in [0.25, 0.3) is 5.69 Å². The Hall–Kier alpha value is 2.73. The predicted octanol–water partition coefficient (Wildman–Crippen LogP) is 1.88. The number of hydrogen-bond acceptors (Lipinski definition) is 4. The first-order valence-electron chi connectivity index (χ1n) is 4.65. The molecule has 1 aliphatic rings. The topological polar surface area (TPSA) is 55.6 Å². The minimum Gasteiger partial charge on any atom is -0.659 e. The van der Waals surface area contributed by atoms with Crippen molar-refractivity contribution < 1.29 is 145 Å². The Morgan fingerprint density at radius 2 is 1.75 bits per heavy atom. The number of ether oxygens (including phenoxy) is 1. The summed E-state index contributed by atoms with van der Waals surface area (Å²) in [6.45, 7) is 4.11. The molecule has 5 nitrogen and oxygen atoms in total. The minimum absolute atomic E-state index is 0. The molecule has 10 heteroatoms. The largest absolute Gasteiger partial charge is 0.659 e. The van der Waals surface area contributed by atoms with E-state index in [0.717, 1.165) is 6.07 Å². The molecule has 0 amide bonds. The van der Waals surface area contributed by atoms with Gasteiger partial charge in [-0.15, -0.1) is 0 Å². The van der Waals surface area contributed by atoms with Gasteiger partial charge in [0, 0.05) is 143 Å². The molecule has 0 bridgehead atoms. The van der Waals surface area contributed by atoms with Crippen LogP contribution in [0.5, 0.6) is 0 Å². The van der Waals surface area contributed by atoms with Crippen molar-refractivity contribution in [1.29, 1.82) is 0 Å². The van der Waals surface area contributed by atoms with Crippen LogP contribution in [0.3, 0.4) is 0 Å².